The number of aliphatic hydroxyl groups excluding tert-OH is 1. The number of fused-ring (bicyclic) bond motifs is 1. The molecular weight excluding hydrogens is 284 g/mol. The average molecular weight is 299 g/mol. The summed E-state index contributed by atoms with van der Waals surface area (Å²) in [5.41, 5.74) is 1.73. The van der Waals surface area contributed by atoms with E-state index in [0.29, 0.717) is 17.4 Å². The van der Waals surface area contributed by atoms with Crippen LogP contribution >= 0.6 is 11.6 Å². The van der Waals surface area contributed by atoms with Crippen LogP contribution in [0.25, 0.3) is 10.8 Å². The van der Waals surface area contributed by atoms with Gasteiger partial charge in [-0.2, -0.15) is 0 Å². The number of ether oxygens (including phenoxy) is 1. The number of benzene rings is 3. The normalized spacial score (nSPS) is 10.8. The van der Waals surface area contributed by atoms with E-state index < -0.39 is 0 Å². The van der Waals surface area contributed by atoms with Gasteiger partial charge in [-0.05, 0) is 22.9 Å². The Morgan fingerprint density at radius 3 is 2.48 bits per heavy atom. The Bertz CT molecular complexity index is 768. The highest BCUT2D eigenvalue weighted by molar-refractivity contribution is 6.31. The molecule has 1 N–H and O–H groups in total. The highest BCUT2D eigenvalue weighted by atomic mass is 35.5. The van der Waals surface area contributed by atoms with Gasteiger partial charge in [0.15, 0.2) is 0 Å². The lowest BCUT2D eigenvalue weighted by atomic mass is 10.0. The van der Waals surface area contributed by atoms with Crippen molar-refractivity contribution in [2.45, 2.75) is 13.2 Å². The van der Waals surface area contributed by atoms with Crippen molar-refractivity contribution in [3.63, 3.8) is 0 Å². The third-order valence-electron chi connectivity index (χ3n) is 3.50. The van der Waals surface area contributed by atoms with Crippen molar-refractivity contribution in [2.75, 3.05) is 0 Å². The van der Waals surface area contributed by atoms with Crippen molar-refractivity contribution in [3.05, 3.63) is 76.8 Å². The molecule has 0 aliphatic heterocycles. The van der Waals surface area contributed by atoms with Crippen LogP contribution in [0.3, 0.4) is 0 Å². The minimum absolute atomic E-state index is 0.0563. The van der Waals surface area contributed by atoms with Gasteiger partial charge >= 0.3 is 0 Å². The number of hydrogen-bond acceptors (Lipinski definition) is 2. The van der Waals surface area contributed by atoms with E-state index in [4.69, 9.17) is 16.3 Å². The zero-order valence-electron chi connectivity index (χ0n) is 11.4. The molecule has 0 aromatic heterocycles. The molecule has 0 fully saturated rings. The van der Waals surface area contributed by atoms with Crippen molar-refractivity contribution >= 4 is 22.4 Å². The van der Waals surface area contributed by atoms with E-state index in [9.17, 15) is 5.11 Å². The van der Waals surface area contributed by atoms with E-state index in [1.165, 1.54) is 0 Å². The Labute approximate surface area is 128 Å². The molecule has 21 heavy (non-hydrogen) atoms. The standard InChI is InChI=1S/C18H15ClO2/c19-17-8-4-2-6-14(17)12-21-18-10-9-13-5-1-3-7-15(13)16(18)11-20/h1-10,20H,11-12H2. The van der Waals surface area contributed by atoms with Gasteiger partial charge in [0.05, 0.1) is 6.61 Å². The number of aliphatic hydroxyl groups is 1. The van der Waals surface area contributed by atoms with Gasteiger partial charge in [-0.1, -0.05) is 60.1 Å². The minimum Gasteiger partial charge on any atom is -0.488 e. The monoisotopic (exact) mass is 298 g/mol. The van der Waals surface area contributed by atoms with Crippen LogP contribution in [0.1, 0.15) is 11.1 Å². The summed E-state index contributed by atoms with van der Waals surface area (Å²) in [5, 5.41) is 12.4. The lowest BCUT2D eigenvalue weighted by molar-refractivity contribution is 0.261. The highest BCUT2D eigenvalue weighted by Crippen LogP contribution is 2.29. The van der Waals surface area contributed by atoms with Gasteiger partial charge in [-0.15, -0.1) is 0 Å². The molecule has 0 radical (unpaired) electrons. The molecule has 0 amide bonds. The molecule has 3 aromatic carbocycles. The number of hydrogen-bond donors (Lipinski definition) is 1. The highest BCUT2D eigenvalue weighted by Gasteiger charge is 2.08. The van der Waals surface area contributed by atoms with Crippen LogP contribution in [-0.4, -0.2) is 5.11 Å². The second-order valence-electron chi connectivity index (χ2n) is 4.80. The predicted molar refractivity (Wildman–Crippen MR) is 85.7 cm³/mol. The van der Waals surface area contributed by atoms with Crippen LogP contribution in [0.4, 0.5) is 0 Å². The second kappa shape index (κ2) is 6.17. The van der Waals surface area contributed by atoms with E-state index >= 15 is 0 Å². The Morgan fingerprint density at radius 2 is 1.67 bits per heavy atom. The maximum absolute atomic E-state index is 9.66. The molecule has 3 rings (SSSR count). The number of rotatable bonds is 4. The summed E-state index contributed by atoms with van der Waals surface area (Å²) in [5.74, 6) is 0.691. The SMILES string of the molecule is OCc1c(OCc2ccccc2Cl)ccc2ccccc12. The van der Waals surface area contributed by atoms with E-state index in [2.05, 4.69) is 0 Å². The van der Waals surface area contributed by atoms with Crippen LogP contribution in [-0.2, 0) is 13.2 Å². The quantitative estimate of drug-likeness (QED) is 0.765. The van der Waals surface area contributed by atoms with Crippen LogP contribution in [0, 0.1) is 0 Å². The summed E-state index contributed by atoms with van der Waals surface area (Å²) < 4.78 is 5.86. The summed E-state index contributed by atoms with van der Waals surface area (Å²) in [4.78, 5) is 0. The molecule has 0 saturated carbocycles. The lowest BCUT2D eigenvalue weighted by Gasteiger charge is -2.13. The Hall–Kier alpha value is -2.03. The molecular formula is C18H15ClO2. The summed E-state index contributed by atoms with van der Waals surface area (Å²) in [7, 11) is 0. The summed E-state index contributed by atoms with van der Waals surface area (Å²) in [6.07, 6.45) is 0. The van der Waals surface area contributed by atoms with Crippen molar-refractivity contribution in [2.24, 2.45) is 0 Å². The second-order valence-corrected chi connectivity index (χ2v) is 5.21. The van der Waals surface area contributed by atoms with Gasteiger partial charge in [-0.25, -0.2) is 0 Å². The van der Waals surface area contributed by atoms with Gasteiger partial charge in [0.25, 0.3) is 0 Å². The third-order valence-corrected chi connectivity index (χ3v) is 3.87. The largest absolute Gasteiger partial charge is 0.488 e. The molecule has 0 heterocycles. The van der Waals surface area contributed by atoms with Crippen LogP contribution in [0.5, 0.6) is 5.75 Å². The van der Waals surface area contributed by atoms with Gasteiger partial charge in [0, 0.05) is 16.1 Å². The van der Waals surface area contributed by atoms with Gasteiger partial charge < -0.3 is 9.84 Å². The van der Waals surface area contributed by atoms with Gasteiger partial charge in [0.2, 0.25) is 0 Å². The summed E-state index contributed by atoms with van der Waals surface area (Å²) >= 11 is 6.13. The minimum atomic E-state index is -0.0563. The van der Waals surface area contributed by atoms with Crippen LogP contribution in [0.2, 0.25) is 5.02 Å². The topological polar surface area (TPSA) is 29.5 Å². The Kier molecular flexibility index (Phi) is 4.09. The van der Waals surface area contributed by atoms with Crippen molar-refractivity contribution in [3.8, 4) is 5.75 Å². The van der Waals surface area contributed by atoms with Crippen molar-refractivity contribution in [1.82, 2.24) is 0 Å². The first kappa shape index (κ1) is 13.9. The summed E-state index contributed by atoms with van der Waals surface area (Å²) in [6, 6.07) is 19.4. The smallest absolute Gasteiger partial charge is 0.125 e. The summed E-state index contributed by atoms with van der Waals surface area (Å²) in [6.45, 7) is 0.324. The lowest BCUT2D eigenvalue weighted by Crippen LogP contribution is -2.00. The number of halogens is 1. The fourth-order valence-electron chi connectivity index (χ4n) is 2.39. The van der Waals surface area contributed by atoms with E-state index in [1.807, 2.05) is 60.7 Å². The van der Waals surface area contributed by atoms with Gasteiger partial charge in [0.1, 0.15) is 12.4 Å². The molecule has 0 unspecified atom stereocenters. The molecule has 0 aliphatic rings. The Morgan fingerprint density at radius 1 is 0.905 bits per heavy atom. The maximum Gasteiger partial charge on any atom is 0.125 e. The fourth-order valence-corrected chi connectivity index (χ4v) is 2.58. The van der Waals surface area contributed by atoms with Crippen molar-refractivity contribution < 1.29 is 9.84 Å². The third kappa shape index (κ3) is 2.87. The first-order chi connectivity index (χ1) is 10.3. The molecule has 0 saturated heterocycles. The first-order valence-corrected chi connectivity index (χ1v) is 7.15. The maximum atomic E-state index is 9.66. The van der Waals surface area contributed by atoms with Crippen molar-refractivity contribution in [1.29, 1.82) is 0 Å². The Balaban J connectivity index is 1.92. The van der Waals surface area contributed by atoms with Crippen LogP contribution in [0.15, 0.2) is 60.7 Å². The molecule has 0 aliphatic carbocycles. The van der Waals surface area contributed by atoms with E-state index in [0.717, 1.165) is 21.9 Å². The van der Waals surface area contributed by atoms with E-state index in [1.54, 1.807) is 0 Å². The van der Waals surface area contributed by atoms with E-state index in [-0.39, 0.29) is 6.61 Å². The fraction of sp³-hybridized carbons (Fsp3) is 0.111. The van der Waals surface area contributed by atoms with Gasteiger partial charge in [-0.3, -0.25) is 0 Å². The molecule has 106 valence electrons. The molecule has 0 spiro atoms. The zero-order chi connectivity index (χ0) is 14.7. The average Bonchev–Trinajstić information content (AvgIpc) is 2.53. The molecule has 3 aromatic rings. The molecule has 0 bridgehead atoms. The molecule has 0 atom stereocenters. The first-order valence-electron chi connectivity index (χ1n) is 6.77. The molecule has 2 nitrogen and oxygen atoms in total. The van der Waals surface area contributed by atoms with Crippen LogP contribution < -0.4 is 4.74 Å². The molecule has 3 heteroatoms. The zero-order valence-corrected chi connectivity index (χ0v) is 12.2. The predicted octanol–water partition coefficient (Wildman–Crippen LogP) is 4.56.